The van der Waals surface area contributed by atoms with Crippen LogP contribution in [0.15, 0.2) is 35.5 Å². The Kier molecular flexibility index (Phi) is 24.0. The van der Waals surface area contributed by atoms with E-state index >= 15 is 0 Å². The molecule has 2 aliphatic carbocycles. The van der Waals surface area contributed by atoms with E-state index in [0.717, 1.165) is 12.8 Å². The van der Waals surface area contributed by atoms with Crippen LogP contribution in [0.1, 0.15) is 90.9 Å². The fourth-order valence-corrected chi connectivity index (χ4v) is 2.73. The summed E-state index contributed by atoms with van der Waals surface area (Å²) in [5, 5.41) is 0. The summed E-state index contributed by atoms with van der Waals surface area (Å²) in [4.78, 5) is 0. The molecule has 0 N–H and O–H groups in total. The number of hydrogen-bond acceptors (Lipinski definition) is 6. The maximum Gasteiger partial charge on any atom is 4.00 e. The van der Waals surface area contributed by atoms with Crippen molar-refractivity contribution >= 4 is 20.2 Å². The van der Waals surface area contributed by atoms with Crippen LogP contribution in [0.4, 0.5) is 26.3 Å². The molecule has 39 heavy (non-hydrogen) atoms. The van der Waals surface area contributed by atoms with Gasteiger partial charge in [-0.2, -0.15) is 38.5 Å². The van der Waals surface area contributed by atoms with E-state index < -0.39 is 31.3 Å². The Morgan fingerprint density at radius 2 is 0.949 bits per heavy atom. The Balaban J connectivity index is -0.000000445. The van der Waals surface area contributed by atoms with E-state index in [2.05, 4.69) is 50.3 Å². The topological polar surface area (TPSA) is 114 Å². The molecule has 15 heteroatoms. The van der Waals surface area contributed by atoms with Gasteiger partial charge in [-0.15, -0.1) is 12.8 Å². The molecule has 224 valence electrons. The second-order valence-corrected chi connectivity index (χ2v) is 10.8. The van der Waals surface area contributed by atoms with Gasteiger partial charge in [-0.1, -0.05) is 78.1 Å². The Morgan fingerprint density at radius 1 is 0.667 bits per heavy atom. The summed E-state index contributed by atoms with van der Waals surface area (Å²) in [6.07, 6.45) is 31.0. The van der Waals surface area contributed by atoms with Crippen molar-refractivity contribution in [1.82, 2.24) is 0 Å². The molecule has 2 aliphatic rings. The quantitative estimate of drug-likeness (QED) is 0.0778. The number of alkyl halides is 6. The van der Waals surface area contributed by atoms with Gasteiger partial charge in [-0.3, -0.25) is 12.2 Å². The Morgan fingerprint density at radius 3 is 1.13 bits per heavy atom. The third-order valence-corrected chi connectivity index (χ3v) is 5.83. The molecule has 0 radical (unpaired) electrons. The fourth-order valence-electron chi connectivity index (χ4n) is 2.73. The van der Waals surface area contributed by atoms with Gasteiger partial charge in [0.2, 0.25) is 0 Å². The fraction of sp³-hybridized carbons (Fsp3) is 0.667. The van der Waals surface area contributed by atoms with Crippen LogP contribution in [0.5, 0.6) is 0 Å². The van der Waals surface area contributed by atoms with Crippen LogP contribution in [0, 0.1) is 12.2 Å². The van der Waals surface area contributed by atoms with E-state index in [4.69, 9.17) is 25.9 Å². The zero-order valence-corrected chi connectivity index (χ0v) is 25.9. The SMILES string of the molecule is CCCCCCC1=[C-]CC=C1.CCCCCCC1=[C-]CC=C1.O=S(=O)([O-])C(F)(F)F.O=S(=O)([O-])C(F)(F)F.[Zr+4]. The van der Waals surface area contributed by atoms with Crippen LogP contribution in [-0.4, -0.2) is 37.0 Å². The standard InChI is InChI=1S/2C11H17.2CHF3O3S.Zr/c2*1-2-3-4-5-8-11-9-6-7-10-11;2*2-1(3,4)8(5,6)7;/h2*6,9H,2-5,7-8H2,1H3;2*(H,5,6,7);/q2*-1;;;+4/p-2. The summed E-state index contributed by atoms with van der Waals surface area (Å²) >= 11 is 0. The minimum Gasteiger partial charge on any atom is -0.741 e. The van der Waals surface area contributed by atoms with Gasteiger partial charge >= 0.3 is 37.2 Å². The van der Waals surface area contributed by atoms with Gasteiger partial charge < -0.3 is 9.11 Å². The summed E-state index contributed by atoms with van der Waals surface area (Å²) < 4.78 is 118. The molecule has 6 nitrogen and oxygen atoms in total. The van der Waals surface area contributed by atoms with Crippen molar-refractivity contribution in [2.45, 2.75) is 102 Å². The third-order valence-electron chi connectivity index (χ3n) is 4.70. The minimum absolute atomic E-state index is 0. The van der Waals surface area contributed by atoms with Crippen molar-refractivity contribution in [2.24, 2.45) is 0 Å². The predicted molar refractivity (Wildman–Crippen MR) is 130 cm³/mol. The number of allylic oxidation sites excluding steroid dienone is 8. The van der Waals surface area contributed by atoms with Crippen LogP contribution in [0.25, 0.3) is 0 Å². The molecule has 0 aromatic rings. The molecular weight excluding hydrogens is 654 g/mol. The summed E-state index contributed by atoms with van der Waals surface area (Å²) in [5.74, 6) is 0. The van der Waals surface area contributed by atoms with Crippen LogP contribution >= 0.6 is 0 Å². The van der Waals surface area contributed by atoms with Crippen molar-refractivity contribution in [3.05, 3.63) is 47.6 Å². The number of unbranched alkanes of at least 4 members (excludes halogenated alkanes) is 6. The van der Waals surface area contributed by atoms with E-state index in [0.29, 0.717) is 0 Å². The normalized spacial score (nSPS) is 14.5. The van der Waals surface area contributed by atoms with Crippen LogP contribution in [-0.2, 0) is 46.4 Å². The van der Waals surface area contributed by atoms with Crippen LogP contribution < -0.4 is 0 Å². The molecule has 0 saturated carbocycles. The Bertz CT molecular complexity index is 904. The Hall–Kier alpha value is -0.757. The van der Waals surface area contributed by atoms with E-state index in [1.54, 1.807) is 0 Å². The molecule has 0 fully saturated rings. The summed E-state index contributed by atoms with van der Waals surface area (Å²) in [6.45, 7) is 4.50. The summed E-state index contributed by atoms with van der Waals surface area (Å²) in [6, 6.07) is 0. The summed E-state index contributed by atoms with van der Waals surface area (Å²) in [5.41, 5.74) is -8.43. The first kappa shape index (κ1) is 42.7. The van der Waals surface area contributed by atoms with Crippen molar-refractivity contribution in [1.29, 1.82) is 0 Å². The first-order chi connectivity index (χ1) is 17.4. The molecule has 0 bridgehead atoms. The summed E-state index contributed by atoms with van der Waals surface area (Å²) in [7, 11) is -12.2. The molecule has 0 saturated heterocycles. The van der Waals surface area contributed by atoms with E-state index in [9.17, 15) is 26.3 Å². The second-order valence-electron chi connectivity index (χ2n) is 8.04. The minimum atomic E-state index is -6.09. The van der Waals surface area contributed by atoms with Gasteiger partial charge in [-0.25, -0.2) is 40.1 Å². The van der Waals surface area contributed by atoms with Crippen molar-refractivity contribution in [3.63, 3.8) is 0 Å². The molecule has 0 aliphatic heterocycles. The molecular formula is C24H34F6O6S2Zr. The van der Waals surface area contributed by atoms with Crippen molar-refractivity contribution in [3.8, 4) is 0 Å². The number of halogens is 6. The molecule has 0 aromatic carbocycles. The molecule has 0 unspecified atom stereocenters. The first-order valence-corrected chi connectivity index (χ1v) is 14.7. The van der Waals surface area contributed by atoms with E-state index in [1.807, 2.05) is 0 Å². The maximum absolute atomic E-state index is 10.7. The van der Waals surface area contributed by atoms with Crippen LogP contribution in [0.2, 0.25) is 0 Å². The number of rotatable bonds is 10. The molecule has 0 atom stereocenters. The zero-order chi connectivity index (χ0) is 29.9. The largest absolute Gasteiger partial charge is 4.00 e. The second kappa shape index (κ2) is 21.9. The monoisotopic (exact) mass is 686 g/mol. The molecule has 0 heterocycles. The van der Waals surface area contributed by atoms with Gasteiger partial charge in [0.15, 0.2) is 20.2 Å². The maximum atomic E-state index is 10.7. The average molecular weight is 688 g/mol. The van der Waals surface area contributed by atoms with Crippen molar-refractivity contribution < 1.29 is 78.5 Å². The van der Waals surface area contributed by atoms with Gasteiger partial charge in [-0.05, 0) is 0 Å². The van der Waals surface area contributed by atoms with Gasteiger partial charge in [0.1, 0.15) is 0 Å². The molecule has 0 spiro atoms. The number of hydrogen-bond donors (Lipinski definition) is 0. The van der Waals surface area contributed by atoms with Crippen LogP contribution in [0.3, 0.4) is 0 Å². The van der Waals surface area contributed by atoms with Gasteiger partial charge in [0, 0.05) is 0 Å². The van der Waals surface area contributed by atoms with E-state index in [1.165, 1.54) is 75.4 Å². The Labute approximate surface area is 247 Å². The van der Waals surface area contributed by atoms with Crippen molar-refractivity contribution in [2.75, 3.05) is 0 Å². The van der Waals surface area contributed by atoms with Gasteiger partial charge in [0.25, 0.3) is 0 Å². The zero-order valence-electron chi connectivity index (χ0n) is 21.8. The predicted octanol–water partition coefficient (Wildman–Crippen LogP) is 7.39. The molecule has 0 aromatic heterocycles. The smallest absolute Gasteiger partial charge is 0.741 e. The third kappa shape index (κ3) is 24.7. The average Bonchev–Trinajstić information content (AvgIpc) is 3.47. The molecule has 2 rings (SSSR count). The molecule has 0 amide bonds. The van der Waals surface area contributed by atoms with E-state index in [-0.39, 0.29) is 26.2 Å². The first-order valence-electron chi connectivity index (χ1n) is 11.9. The van der Waals surface area contributed by atoms with Gasteiger partial charge in [0.05, 0.1) is 0 Å².